The van der Waals surface area contributed by atoms with Crippen LogP contribution in [0.3, 0.4) is 0 Å². The molecule has 2 nitrogen and oxygen atoms in total. The standard InChI is InChI=1S/C15H10O2/c16-15-9-8-12(10-17-15)14-7-3-5-11-4-1-2-6-13(11)14/h1-10H. The van der Waals surface area contributed by atoms with Crippen LogP contribution in [0.25, 0.3) is 21.9 Å². The van der Waals surface area contributed by atoms with Crippen molar-refractivity contribution in [3.63, 3.8) is 0 Å². The molecule has 0 saturated heterocycles. The van der Waals surface area contributed by atoms with Crippen molar-refractivity contribution in [3.05, 3.63) is 71.3 Å². The second kappa shape index (κ2) is 3.91. The fraction of sp³-hybridized carbons (Fsp3) is 0. The first kappa shape index (κ1) is 9.85. The number of hydrogen-bond donors (Lipinski definition) is 0. The molecule has 0 spiro atoms. The van der Waals surface area contributed by atoms with Crippen LogP contribution in [0.2, 0.25) is 0 Å². The highest BCUT2D eigenvalue weighted by Gasteiger charge is 2.03. The molecule has 0 atom stereocenters. The Kier molecular flexibility index (Phi) is 2.26. The lowest BCUT2D eigenvalue weighted by Gasteiger charge is -2.05. The van der Waals surface area contributed by atoms with Crippen molar-refractivity contribution in [1.82, 2.24) is 0 Å². The smallest absolute Gasteiger partial charge is 0.335 e. The fourth-order valence-electron chi connectivity index (χ4n) is 1.99. The van der Waals surface area contributed by atoms with Crippen molar-refractivity contribution in [3.8, 4) is 11.1 Å². The molecule has 3 rings (SSSR count). The molecule has 0 bridgehead atoms. The van der Waals surface area contributed by atoms with Gasteiger partial charge in [0.15, 0.2) is 0 Å². The highest BCUT2D eigenvalue weighted by atomic mass is 16.4. The molecule has 0 aliphatic heterocycles. The predicted octanol–water partition coefficient (Wildman–Crippen LogP) is 3.46. The molecule has 3 aromatic rings. The Bertz CT molecular complexity index is 700. The maximum Gasteiger partial charge on any atom is 0.335 e. The fourth-order valence-corrected chi connectivity index (χ4v) is 1.99. The van der Waals surface area contributed by atoms with Crippen LogP contribution in [0.1, 0.15) is 0 Å². The van der Waals surface area contributed by atoms with E-state index < -0.39 is 0 Å². The molecule has 0 amide bonds. The number of fused-ring (bicyclic) bond motifs is 1. The molecule has 0 unspecified atom stereocenters. The van der Waals surface area contributed by atoms with Crippen molar-refractivity contribution in [2.45, 2.75) is 0 Å². The summed E-state index contributed by atoms with van der Waals surface area (Å²) < 4.78 is 4.91. The van der Waals surface area contributed by atoms with Crippen LogP contribution in [0.5, 0.6) is 0 Å². The highest BCUT2D eigenvalue weighted by Crippen LogP contribution is 2.27. The second-order valence-electron chi connectivity index (χ2n) is 3.87. The number of rotatable bonds is 1. The molecule has 0 radical (unpaired) electrons. The summed E-state index contributed by atoms with van der Waals surface area (Å²) in [6, 6.07) is 17.5. The third-order valence-corrected chi connectivity index (χ3v) is 2.80. The first-order valence-corrected chi connectivity index (χ1v) is 5.41. The monoisotopic (exact) mass is 222 g/mol. The summed E-state index contributed by atoms with van der Waals surface area (Å²) >= 11 is 0. The summed E-state index contributed by atoms with van der Waals surface area (Å²) in [5.74, 6) is 0. The van der Waals surface area contributed by atoms with Gasteiger partial charge in [-0.1, -0.05) is 42.5 Å². The van der Waals surface area contributed by atoms with Gasteiger partial charge in [0.1, 0.15) is 6.26 Å². The van der Waals surface area contributed by atoms with E-state index in [9.17, 15) is 4.79 Å². The van der Waals surface area contributed by atoms with E-state index in [0.717, 1.165) is 16.5 Å². The van der Waals surface area contributed by atoms with Gasteiger partial charge in [-0.25, -0.2) is 4.79 Å². The van der Waals surface area contributed by atoms with Gasteiger partial charge in [-0.05, 0) is 22.4 Å². The Labute approximate surface area is 98.1 Å². The van der Waals surface area contributed by atoms with Gasteiger partial charge in [-0.2, -0.15) is 0 Å². The molecule has 1 aromatic heterocycles. The molecule has 82 valence electrons. The van der Waals surface area contributed by atoms with E-state index in [1.165, 1.54) is 17.7 Å². The summed E-state index contributed by atoms with van der Waals surface area (Å²) in [7, 11) is 0. The molecule has 0 fully saturated rings. The Hall–Kier alpha value is -2.35. The minimum Gasteiger partial charge on any atom is -0.431 e. The van der Waals surface area contributed by atoms with Crippen molar-refractivity contribution in [1.29, 1.82) is 0 Å². The van der Waals surface area contributed by atoms with Crippen LogP contribution in [0.4, 0.5) is 0 Å². The van der Waals surface area contributed by atoms with Gasteiger partial charge in [-0.3, -0.25) is 0 Å². The summed E-state index contributed by atoms with van der Waals surface area (Å²) in [6.07, 6.45) is 1.50. The van der Waals surface area contributed by atoms with Gasteiger partial charge in [0.25, 0.3) is 0 Å². The normalized spacial score (nSPS) is 10.6. The minimum atomic E-state index is -0.325. The lowest BCUT2D eigenvalue weighted by atomic mass is 10.00. The Morgan fingerprint density at radius 3 is 2.47 bits per heavy atom. The van der Waals surface area contributed by atoms with Crippen molar-refractivity contribution < 1.29 is 4.42 Å². The zero-order valence-corrected chi connectivity index (χ0v) is 9.09. The molecule has 0 N–H and O–H groups in total. The van der Waals surface area contributed by atoms with E-state index in [1.54, 1.807) is 6.07 Å². The van der Waals surface area contributed by atoms with Crippen molar-refractivity contribution in [2.75, 3.05) is 0 Å². The Morgan fingerprint density at radius 2 is 1.65 bits per heavy atom. The van der Waals surface area contributed by atoms with E-state index in [-0.39, 0.29) is 5.63 Å². The van der Waals surface area contributed by atoms with E-state index in [1.807, 2.05) is 24.3 Å². The van der Waals surface area contributed by atoms with Gasteiger partial charge in [0.2, 0.25) is 0 Å². The molecule has 0 aliphatic carbocycles. The quantitative estimate of drug-likeness (QED) is 0.631. The summed E-state index contributed by atoms with van der Waals surface area (Å²) in [6.45, 7) is 0. The SMILES string of the molecule is O=c1ccc(-c2cccc3ccccc23)co1. The van der Waals surface area contributed by atoms with Gasteiger partial charge < -0.3 is 4.42 Å². The zero-order chi connectivity index (χ0) is 11.7. The van der Waals surface area contributed by atoms with E-state index in [4.69, 9.17) is 4.42 Å². The number of hydrogen-bond acceptors (Lipinski definition) is 2. The molecule has 0 saturated carbocycles. The topological polar surface area (TPSA) is 30.2 Å². The molecular formula is C15H10O2. The van der Waals surface area contributed by atoms with Gasteiger partial charge in [-0.15, -0.1) is 0 Å². The number of benzene rings is 2. The Morgan fingerprint density at radius 1 is 0.824 bits per heavy atom. The first-order valence-electron chi connectivity index (χ1n) is 5.41. The van der Waals surface area contributed by atoms with Crippen LogP contribution in [-0.4, -0.2) is 0 Å². The molecule has 2 heteroatoms. The maximum atomic E-state index is 10.9. The van der Waals surface area contributed by atoms with Gasteiger partial charge in [0, 0.05) is 11.6 Å². The average Bonchev–Trinajstić information content (AvgIpc) is 2.39. The van der Waals surface area contributed by atoms with E-state index in [0.29, 0.717) is 0 Å². The lowest BCUT2D eigenvalue weighted by Crippen LogP contribution is -1.93. The van der Waals surface area contributed by atoms with Gasteiger partial charge in [0.05, 0.1) is 0 Å². The third kappa shape index (κ3) is 1.74. The zero-order valence-electron chi connectivity index (χ0n) is 9.09. The average molecular weight is 222 g/mol. The molecule has 0 aliphatic rings. The van der Waals surface area contributed by atoms with Crippen LogP contribution < -0.4 is 5.63 Å². The second-order valence-corrected chi connectivity index (χ2v) is 3.87. The minimum absolute atomic E-state index is 0.325. The largest absolute Gasteiger partial charge is 0.431 e. The lowest BCUT2D eigenvalue weighted by molar-refractivity contribution is 0.512. The predicted molar refractivity (Wildman–Crippen MR) is 67.9 cm³/mol. The van der Waals surface area contributed by atoms with Crippen LogP contribution in [0.15, 0.2) is 70.1 Å². The maximum absolute atomic E-state index is 10.9. The van der Waals surface area contributed by atoms with Crippen LogP contribution in [-0.2, 0) is 0 Å². The van der Waals surface area contributed by atoms with Crippen molar-refractivity contribution >= 4 is 10.8 Å². The summed E-state index contributed by atoms with van der Waals surface area (Å²) in [4.78, 5) is 10.9. The molecule has 1 heterocycles. The van der Waals surface area contributed by atoms with E-state index >= 15 is 0 Å². The highest BCUT2D eigenvalue weighted by molar-refractivity contribution is 5.96. The third-order valence-electron chi connectivity index (χ3n) is 2.80. The molecule has 17 heavy (non-hydrogen) atoms. The van der Waals surface area contributed by atoms with Gasteiger partial charge >= 0.3 is 5.63 Å². The Balaban J connectivity index is 2.30. The van der Waals surface area contributed by atoms with Crippen molar-refractivity contribution in [2.24, 2.45) is 0 Å². The molecular weight excluding hydrogens is 212 g/mol. The molecule has 2 aromatic carbocycles. The summed E-state index contributed by atoms with van der Waals surface area (Å²) in [5, 5.41) is 2.33. The van der Waals surface area contributed by atoms with E-state index in [2.05, 4.69) is 18.2 Å². The van der Waals surface area contributed by atoms with Crippen LogP contribution >= 0.6 is 0 Å². The summed E-state index contributed by atoms with van der Waals surface area (Å²) in [5.41, 5.74) is 1.67. The first-order chi connectivity index (χ1) is 8.34. The van der Waals surface area contributed by atoms with Crippen LogP contribution in [0, 0.1) is 0 Å².